The van der Waals surface area contributed by atoms with Crippen LogP contribution in [0.25, 0.3) is 11.0 Å². The minimum absolute atomic E-state index is 0.188. The second-order valence-corrected chi connectivity index (χ2v) is 10.9. The van der Waals surface area contributed by atoms with E-state index >= 15 is 0 Å². The first-order valence-corrected chi connectivity index (χ1v) is 12.0. The first-order chi connectivity index (χ1) is 14.0. The Morgan fingerprint density at radius 3 is 2.77 bits per heavy atom. The van der Waals surface area contributed by atoms with E-state index in [1.54, 1.807) is 6.20 Å². The van der Waals surface area contributed by atoms with Gasteiger partial charge in [-0.1, -0.05) is 0 Å². The van der Waals surface area contributed by atoms with Gasteiger partial charge in [-0.15, -0.1) is 0 Å². The summed E-state index contributed by atoms with van der Waals surface area (Å²) in [5, 5.41) is 7.00. The second-order valence-electron chi connectivity index (χ2n) is 8.92. The van der Waals surface area contributed by atoms with Crippen molar-refractivity contribution in [3.8, 4) is 0 Å². The van der Waals surface area contributed by atoms with Crippen LogP contribution >= 0.6 is 0 Å². The highest BCUT2D eigenvalue weighted by Gasteiger charge is 2.37. The number of nitrogens with zero attached hydrogens (tertiary/aromatic N) is 4. The van der Waals surface area contributed by atoms with Crippen LogP contribution in [-0.4, -0.2) is 77.1 Å². The summed E-state index contributed by atoms with van der Waals surface area (Å²) in [7, 11) is -3.42. The molecule has 2 aromatic heterocycles. The number of halogens is 2. The van der Waals surface area contributed by atoms with Gasteiger partial charge in [-0.05, 0) is 32.8 Å². The van der Waals surface area contributed by atoms with E-state index in [-0.39, 0.29) is 37.2 Å². The molecule has 2 aliphatic rings. The average molecular weight is 443 g/mol. The van der Waals surface area contributed by atoms with Crippen molar-refractivity contribution in [1.82, 2.24) is 24.2 Å². The number of piperidine rings is 2. The lowest BCUT2D eigenvalue weighted by atomic mass is 9.88. The van der Waals surface area contributed by atoms with Crippen LogP contribution in [0.5, 0.6) is 0 Å². The van der Waals surface area contributed by atoms with E-state index < -0.39 is 28.4 Å². The van der Waals surface area contributed by atoms with E-state index in [0.29, 0.717) is 18.5 Å². The van der Waals surface area contributed by atoms with Crippen LogP contribution in [-0.2, 0) is 10.0 Å². The normalized spacial score (nSPS) is 30.4. The zero-order chi connectivity index (χ0) is 21.7. The molecule has 0 saturated carbocycles. The van der Waals surface area contributed by atoms with Crippen LogP contribution in [0.4, 0.5) is 14.7 Å². The molecule has 2 fully saturated rings. The van der Waals surface area contributed by atoms with Crippen molar-refractivity contribution >= 4 is 27.0 Å². The number of sulfonamides is 1. The molecule has 30 heavy (non-hydrogen) atoms. The monoisotopic (exact) mass is 442 g/mol. The summed E-state index contributed by atoms with van der Waals surface area (Å²) in [6.45, 7) is 4.41. The molecule has 0 aliphatic carbocycles. The quantitative estimate of drug-likeness (QED) is 0.751. The van der Waals surface area contributed by atoms with Gasteiger partial charge in [-0.25, -0.2) is 22.2 Å². The standard InChI is InChI=1S/C19H28F2N6O2S/c1-19(2)8-16(13(20)10-23-19)27-7-4-12-9-22-18(25-17(12)27)24-15-5-6-26(11-14(15)21)30(3,28)29/h4,7,9,13-16,23H,5-6,8,10-11H2,1-3H3,(H,22,24,25)/t13-,14-,15-,16+/m1/s1. The maximum absolute atomic E-state index is 14.7. The van der Waals surface area contributed by atoms with Crippen LogP contribution in [0.3, 0.4) is 0 Å². The summed E-state index contributed by atoms with van der Waals surface area (Å²) < 4.78 is 55.6. The third-order valence-electron chi connectivity index (χ3n) is 6.01. The Morgan fingerprint density at radius 1 is 1.30 bits per heavy atom. The smallest absolute Gasteiger partial charge is 0.224 e. The Bertz CT molecular complexity index is 1030. The summed E-state index contributed by atoms with van der Waals surface area (Å²) in [5.41, 5.74) is 0.411. The zero-order valence-electron chi connectivity index (χ0n) is 17.3. The maximum Gasteiger partial charge on any atom is 0.224 e. The molecule has 0 amide bonds. The predicted molar refractivity (Wildman–Crippen MR) is 112 cm³/mol. The van der Waals surface area contributed by atoms with E-state index in [0.717, 1.165) is 15.9 Å². The van der Waals surface area contributed by atoms with Gasteiger partial charge < -0.3 is 15.2 Å². The fourth-order valence-corrected chi connectivity index (χ4v) is 5.14. The predicted octanol–water partition coefficient (Wildman–Crippen LogP) is 1.87. The van der Waals surface area contributed by atoms with Crippen molar-refractivity contribution in [1.29, 1.82) is 0 Å². The van der Waals surface area contributed by atoms with Crippen molar-refractivity contribution in [2.24, 2.45) is 0 Å². The molecule has 0 spiro atoms. The molecule has 0 radical (unpaired) electrons. The lowest BCUT2D eigenvalue weighted by Crippen LogP contribution is -2.52. The van der Waals surface area contributed by atoms with Gasteiger partial charge in [0, 0.05) is 43.0 Å². The first-order valence-electron chi connectivity index (χ1n) is 10.1. The summed E-state index contributed by atoms with van der Waals surface area (Å²) >= 11 is 0. The van der Waals surface area contributed by atoms with E-state index in [9.17, 15) is 17.2 Å². The molecule has 11 heteroatoms. The maximum atomic E-state index is 14.7. The number of rotatable bonds is 4. The highest BCUT2D eigenvalue weighted by atomic mass is 32.2. The summed E-state index contributed by atoms with van der Waals surface area (Å²) in [6.07, 6.45) is 3.05. The molecule has 8 nitrogen and oxygen atoms in total. The molecule has 2 aliphatic heterocycles. The number of nitrogens with one attached hydrogen (secondary N) is 2. The van der Waals surface area contributed by atoms with E-state index in [2.05, 4.69) is 20.6 Å². The number of aromatic nitrogens is 3. The molecule has 166 valence electrons. The van der Waals surface area contributed by atoms with Gasteiger partial charge in [0.1, 0.15) is 18.0 Å². The largest absolute Gasteiger partial charge is 0.348 e. The van der Waals surface area contributed by atoms with Crippen LogP contribution in [0.1, 0.15) is 32.7 Å². The summed E-state index contributed by atoms with van der Waals surface area (Å²) in [6, 6.07) is 0.910. The third kappa shape index (κ3) is 4.28. The minimum atomic E-state index is -3.42. The summed E-state index contributed by atoms with van der Waals surface area (Å²) in [4.78, 5) is 8.81. The lowest BCUT2D eigenvalue weighted by molar-refractivity contribution is 0.125. The van der Waals surface area contributed by atoms with Gasteiger partial charge in [-0.2, -0.15) is 9.29 Å². The Morgan fingerprint density at radius 2 is 2.07 bits per heavy atom. The minimum Gasteiger partial charge on any atom is -0.348 e. The zero-order valence-corrected chi connectivity index (χ0v) is 18.2. The van der Waals surface area contributed by atoms with Crippen LogP contribution in [0.2, 0.25) is 0 Å². The second kappa shape index (κ2) is 7.69. The Labute approximate surface area is 175 Å². The van der Waals surface area contributed by atoms with E-state index in [4.69, 9.17) is 0 Å². The van der Waals surface area contributed by atoms with Crippen LogP contribution in [0, 0.1) is 0 Å². The fraction of sp³-hybridized carbons (Fsp3) is 0.684. The van der Waals surface area contributed by atoms with Crippen molar-refractivity contribution in [2.45, 2.75) is 56.7 Å². The van der Waals surface area contributed by atoms with Crippen molar-refractivity contribution < 1.29 is 17.2 Å². The van der Waals surface area contributed by atoms with Gasteiger partial charge in [0.2, 0.25) is 16.0 Å². The molecule has 2 aromatic rings. The van der Waals surface area contributed by atoms with Gasteiger partial charge >= 0.3 is 0 Å². The van der Waals surface area contributed by atoms with Crippen LogP contribution < -0.4 is 10.6 Å². The molecule has 0 bridgehead atoms. The molecule has 0 unspecified atom stereocenters. The number of hydrogen-bond acceptors (Lipinski definition) is 6. The SMILES string of the molecule is CC1(C)C[C@H](n2ccc3cnc(N[C@@H]4CCN(S(C)(=O)=O)C[C@H]4F)nc32)[C@H](F)CN1. The molecular weight excluding hydrogens is 414 g/mol. The molecule has 4 atom stereocenters. The van der Waals surface area contributed by atoms with E-state index in [1.807, 2.05) is 30.7 Å². The molecule has 4 heterocycles. The van der Waals surface area contributed by atoms with Crippen molar-refractivity contribution in [2.75, 3.05) is 31.2 Å². The third-order valence-corrected chi connectivity index (χ3v) is 7.28. The van der Waals surface area contributed by atoms with Crippen LogP contribution in [0.15, 0.2) is 18.5 Å². The number of alkyl halides is 2. The average Bonchev–Trinajstić information content (AvgIpc) is 3.07. The fourth-order valence-electron chi connectivity index (χ4n) is 4.29. The number of hydrogen-bond donors (Lipinski definition) is 2. The molecule has 2 N–H and O–H groups in total. The first kappa shape index (κ1) is 21.4. The lowest BCUT2D eigenvalue weighted by Gasteiger charge is -2.39. The van der Waals surface area contributed by atoms with Gasteiger partial charge in [0.25, 0.3) is 0 Å². The molecular formula is C19H28F2N6O2S. The Kier molecular flexibility index (Phi) is 5.48. The number of anilines is 1. The Balaban J connectivity index is 1.55. The number of fused-ring (bicyclic) bond motifs is 1. The van der Waals surface area contributed by atoms with Crippen molar-refractivity contribution in [3.63, 3.8) is 0 Å². The highest BCUT2D eigenvalue weighted by Crippen LogP contribution is 2.33. The highest BCUT2D eigenvalue weighted by molar-refractivity contribution is 7.88. The topological polar surface area (TPSA) is 92.2 Å². The van der Waals surface area contributed by atoms with Gasteiger partial charge in [0.05, 0.1) is 18.3 Å². The Hall–Kier alpha value is -1.85. The van der Waals surface area contributed by atoms with Gasteiger partial charge in [0.15, 0.2) is 0 Å². The van der Waals surface area contributed by atoms with Crippen molar-refractivity contribution in [3.05, 3.63) is 18.5 Å². The molecule has 0 aromatic carbocycles. The van der Waals surface area contributed by atoms with E-state index in [1.165, 1.54) is 0 Å². The molecule has 4 rings (SSSR count). The molecule has 2 saturated heterocycles. The summed E-state index contributed by atoms with van der Waals surface area (Å²) in [5.74, 6) is 0.256. The van der Waals surface area contributed by atoms with Gasteiger partial charge in [-0.3, -0.25) is 0 Å².